The molecule has 0 bridgehead atoms. The van der Waals surface area contributed by atoms with E-state index in [9.17, 15) is 14.9 Å². The fourth-order valence-corrected chi connectivity index (χ4v) is 3.81. The van der Waals surface area contributed by atoms with E-state index in [1.54, 1.807) is 23.1 Å². The maximum Gasteiger partial charge on any atom is 0.269 e. The summed E-state index contributed by atoms with van der Waals surface area (Å²) < 4.78 is 0.969. The Hall–Kier alpha value is -3.26. The lowest BCUT2D eigenvalue weighted by Gasteiger charge is -2.22. The number of hydrogen-bond acceptors (Lipinski definition) is 3. The zero-order valence-electron chi connectivity index (χ0n) is 15.2. The van der Waals surface area contributed by atoms with Crippen LogP contribution in [0.2, 0.25) is 0 Å². The van der Waals surface area contributed by atoms with Crippen molar-refractivity contribution < 1.29 is 9.72 Å². The summed E-state index contributed by atoms with van der Waals surface area (Å²) in [5.74, 6) is -0.133. The minimum absolute atomic E-state index is 0.0193. The Kier molecular flexibility index (Phi) is 5.26. The van der Waals surface area contributed by atoms with Gasteiger partial charge in [0, 0.05) is 21.3 Å². The van der Waals surface area contributed by atoms with Crippen molar-refractivity contribution >= 4 is 51.6 Å². The van der Waals surface area contributed by atoms with Crippen LogP contribution < -0.4 is 4.90 Å². The molecule has 0 N–H and O–H groups in total. The summed E-state index contributed by atoms with van der Waals surface area (Å²) in [6, 6.07) is 23.6. The lowest BCUT2D eigenvalue weighted by molar-refractivity contribution is -0.384. The molecule has 3 aromatic rings. The van der Waals surface area contributed by atoms with Crippen molar-refractivity contribution in [2.75, 3.05) is 4.90 Å². The summed E-state index contributed by atoms with van der Waals surface area (Å²) in [7, 11) is 0. The van der Waals surface area contributed by atoms with Gasteiger partial charge in [0.2, 0.25) is 0 Å². The van der Waals surface area contributed by atoms with E-state index in [2.05, 4.69) is 22.6 Å². The first kappa shape index (κ1) is 19.1. The zero-order chi connectivity index (χ0) is 20.4. The molecule has 1 heterocycles. The van der Waals surface area contributed by atoms with E-state index in [1.165, 1.54) is 12.1 Å². The largest absolute Gasteiger partial charge is 0.275 e. The number of para-hydroxylation sites is 1. The molecule has 0 aliphatic carbocycles. The molecule has 1 aliphatic heterocycles. The molecule has 6 heteroatoms. The molecule has 0 saturated heterocycles. The molecular weight excluding hydrogens is 479 g/mol. The standard InChI is InChI=1S/C23H15IN2O3/c24-20-8-4-5-9-21(20)25-22(17-6-2-1-3-7-17)15-18(23(25)27)14-16-10-12-19(13-11-16)26(28)29/h1-15H/b18-14+. The molecule has 142 valence electrons. The maximum atomic E-state index is 13.3. The van der Waals surface area contributed by atoms with Crippen LogP contribution in [-0.4, -0.2) is 10.8 Å². The van der Waals surface area contributed by atoms with Crippen LogP contribution >= 0.6 is 22.6 Å². The van der Waals surface area contributed by atoms with Crippen LogP contribution in [0.4, 0.5) is 11.4 Å². The summed E-state index contributed by atoms with van der Waals surface area (Å²) in [6.45, 7) is 0. The number of nitro benzene ring substituents is 1. The molecule has 0 atom stereocenters. The van der Waals surface area contributed by atoms with Gasteiger partial charge in [0.25, 0.3) is 11.6 Å². The number of amides is 1. The quantitative estimate of drug-likeness (QED) is 0.203. The van der Waals surface area contributed by atoms with E-state index in [4.69, 9.17) is 0 Å². The van der Waals surface area contributed by atoms with Crippen LogP contribution in [0.15, 0.2) is 90.5 Å². The summed E-state index contributed by atoms with van der Waals surface area (Å²) in [6.07, 6.45) is 3.62. The van der Waals surface area contributed by atoms with Gasteiger partial charge in [-0.3, -0.25) is 19.8 Å². The van der Waals surface area contributed by atoms with Crippen molar-refractivity contribution in [3.8, 4) is 0 Å². The highest BCUT2D eigenvalue weighted by Gasteiger charge is 2.31. The Bertz CT molecular complexity index is 1150. The number of halogens is 1. The van der Waals surface area contributed by atoms with Crippen molar-refractivity contribution in [1.29, 1.82) is 0 Å². The van der Waals surface area contributed by atoms with Gasteiger partial charge in [-0.15, -0.1) is 0 Å². The first-order chi connectivity index (χ1) is 14.0. The molecule has 5 nitrogen and oxygen atoms in total. The Morgan fingerprint density at radius 2 is 1.55 bits per heavy atom. The molecule has 1 aliphatic rings. The predicted octanol–water partition coefficient (Wildman–Crippen LogP) is 5.67. The van der Waals surface area contributed by atoms with Gasteiger partial charge in [-0.05, 0) is 70.1 Å². The highest BCUT2D eigenvalue weighted by molar-refractivity contribution is 14.1. The van der Waals surface area contributed by atoms with Crippen molar-refractivity contribution in [1.82, 2.24) is 0 Å². The highest BCUT2D eigenvalue weighted by Crippen LogP contribution is 2.37. The van der Waals surface area contributed by atoms with Gasteiger partial charge in [0.1, 0.15) is 0 Å². The van der Waals surface area contributed by atoms with Gasteiger partial charge in [-0.2, -0.15) is 0 Å². The van der Waals surface area contributed by atoms with Crippen LogP contribution in [0.5, 0.6) is 0 Å². The molecular formula is C23H15IN2O3. The Morgan fingerprint density at radius 3 is 2.21 bits per heavy atom. The molecule has 1 amide bonds. The van der Waals surface area contributed by atoms with Crippen LogP contribution in [0.3, 0.4) is 0 Å². The third-order valence-electron chi connectivity index (χ3n) is 4.57. The number of non-ortho nitro benzene ring substituents is 1. The predicted molar refractivity (Wildman–Crippen MR) is 122 cm³/mol. The highest BCUT2D eigenvalue weighted by atomic mass is 127. The molecule has 29 heavy (non-hydrogen) atoms. The third-order valence-corrected chi connectivity index (χ3v) is 5.48. The molecule has 0 spiro atoms. The lowest BCUT2D eigenvalue weighted by Crippen LogP contribution is -2.25. The third kappa shape index (κ3) is 3.84. The van der Waals surface area contributed by atoms with E-state index in [0.29, 0.717) is 5.57 Å². The SMILES string of the molecule is O=C1/C(=C/c2ccc([N+](=O)[O-])cc2)C=C(c2ccccc2)N1c1ccccc1I. The first-order valence-electron chi connectivity index (χ1n) is 8.87. The van der Waals surface area contributed by atoms with Crippen LogP contribution in [0, 0.1) is 13.7 Å². The minimum atomic E-state index is -0.440. The Labute approximate surface area is 181 Å². The van der Waals surface area contributed by atoms with Crippen molar-refractivity contribution in [3.05, 3.63) is 115 Å². The average molecular weight is 494 g/mol. The lowest BCUT2D eigenvalue weighted by atomic mass is 10.1. The number of nitro groups is 1. The van der Waals surface area contributed by atoms with Crippen molar-refractivity contribution in [2.24, 2.45) is 0 Å². The van der Waals surface area contributed by atoms with E-state index in [0.717, 1.165) is 26.1 Å². The maximum absolute atomic E-state index is 13.3. The molecule has 0 radical (unpaired) electrons. The number of carbonyl (C=O) groups is 1. The van der Waals surface area contributed by atoms with Gasteiger partial charge in [-0.25, -0.2) is 0 Å². The second-order valence-corrected chi connectivity index (χ2v) is 7.60. The fourth-order valence-electron chi connectivity index (χ4n) is 3.18. The summed E-state index contributed by atoms with van der Waals surface area (Å²) in [5, 5.41) is 10.9. The first-order valence-corrected chi connectivity index (χ1v) is 9.95. The number of hydrogen-bond donors (Lipinski definition) is 0. The summed E-state index contributed by atoms with van der Waals surface area (Å²) in [5.41, 5.74) is 3.83. The fraction of sp³-hybridized carbons (Fsp3) is 0. The molecule has 4 rings (SSSR count). The van der Waals surface area contributed by atoms with E-state index in [-0.39, 0.29) is 11.6 Å². The number of anilines is 1. The van der Waals surface area contributed by atoms with E-state index < -0.39 is 4.92 Å². The Balaban J connectivity index is 1.80. The summed E-state index contributed by atoms with van der Waals surface area (Å²) >= 11 is 2.23. The molecule has 0 fully saturated rings. The topological polar surface area (TPSA) is 63.4 Å². The Morgan fingerprint density at radius 1 is 0.897 bits per heavy atom. The average Bonchev–Trinajstić information content (AvgIpc) is 3.05. The second kappa shape index (κ2) is 8.00. The summed E-state index contributed by atoms with van der Waals surface area (Å²) in [4.78, 5) is 25.5. The molecule has 0 aromatic heterocycles. The second-order valence-electron chi connectivity index (χ2n) is 6.44. The van der Waals surface area contributed by atoms with Crippen LogP contribution in [0.25, 0.3) is 11.8 Å². The van der Waals surface area contributed by atoms with Gasteiger partial charge in [0.15, 0.2) is 0 Å². The molecule has 0 unspecified atom stereocenters. The van der Waals surface area contributed by atoms with Crippen LogP contribution in [0.1, 0.15) is 11.1 Å². The van der Waals surface area contributed by atoms with Crippen molar-refractivity contribution in [3.63, 3.8) is 0 Å². The minimum Gasteiger partial charge on any atom is -0.275 e. The number of nitrogens with zero attached hydrogens (tertiary/aromatic N) is 2. The van der Waals surface area contributed by atoms with E-state index in [1.807, 2.05) is 60.7 Å². The normalized spacial score (nSPS) is 14.9. The van der Waals surface area contributed by atoms with Gasteiger partial charge >= 0.3 is 0 Å². The van der Waals surface area contributed by atoms with Gasteiger partial charge < -0.3 is 0 Å². The molecule has 3 aromatic carbocycles. The van der Waals surface area contributed by atoms with E-state index >= 15 is 0 Å². The van der Waals surface area contributed by atoms with Crippen molar-refractivity contribution in [2.45, 2.75) is 0 Å². The monoisotopic (exact) mass is 494 g/mol. The smallest absolute Gasteiger partial charge is 0.269 e. The number of carbonyl (C=O) groups excluding carboxylic acids is 1. The number of rotatable bonds is 4. The van der Waals surface area contributed by atoms with Crippen LogP contribution in [-0.2, 0) is 4.79 Å². The molecule has 0 saturated carbocycles. The van der Waals surface area contributed by atoms with Gasteiger partial charge in [0.05, 0.1) is 16.3 Å². The number of benzene rings is 3. The zero-order valence-corrected chi connectivity index (χ0v) is 17.3. The van der Waals surface area contributed by atoms with Gasteiger partial charge in [-0.1, -0.05) is 42.5 Å².